The van der Waals surface area contributed by atoms with Crippen molar-refractivity contribution in [2.75, 3.05) is 82.5 Å². The molecule has 3 fully saturated rings. The van der Waals surface area contributed by atoms with Crippen LogP contribution in [0.3, 0.4) is 0 Å². The molecule has 0 bridgehead atoms. The first-order valence-electron chi connectivity index (χ1n) is 25.9. The lowest BCUT2D eigenvalue weighted by molar-refractivity contribution is -0.136. The quantitative estimate of drug-likeness (QED) is 0.0586. The van der Waals surface area contributed by atoms with Crippen LogP contribution in [0.5, 0.6) is 0 Å². The van der Waals surface area contributed by atoms with Gasteiger partial charge in [-0.05, 0) is 124 Å². The van der Waals surface area contributed by atoms with E-state index in [1.807, 2.05) is 13.8 Å². The summed E-state index contributed by atoms with van der Waals surface area (Å²) in [5, 5.41) is 5.37. The number of Topliss-reactive ketones (excluding diaryl/α,β-unsaturated/α-hetero) is 3. The van der Waals surface area contributed by atoms with Crippen LogP contribution >= 0.6 is 0 Å². The average Bonchev–Trinajstić information content (AvgIpc) is 3.62. The first-order valence-corrected chi connectivity index (χ1v) is 25.9. The van der Waals surface area contributed by atoms with Gasteiger partial charge in [0.2, 0.25) is 11.8 Å². The number of nitrogens with one attached hydrogen (secondary N) is 2. The van der Waals surface area contributed by atoms with E-state index in [2.05, 4.69) is 81.7 Å². The van der Waals surface area contributed by atoms with Gasteiger partial charge in [0.25, 0.3) is 11.8 Å². The van der Waals surface area contributed by atoms with E-state index in [-0.39, 0.29) is 54.3 Å². The van der Waals surface area contributed by atoms with Gasteiger partial charge in [-0.2, -0.15) is 0 Å². The number of allylic oxidation sites excluding steroid dienone is 4. The topological polar surface area (TPSA) is 175 Å². The Labute approximate surface area is 423 Å². The van der Waals surface area contributed by atoms with Gasteiger partial charge in [-0.3, -0.25) is 48.7 Å². The Bertz CT molecular complexity index is 2620. The van der Waals surface area contributed by atoms with E-state index in [4.69, 9.17) is 9.47 Å². The SMILES string of the molecule is CCN(c1cc(-c2ccc(CN3CCN(CCCC(=O)CCOCCNc4cccc5c4C(=O)N(C4CCC(=O)NC4=O)C5=O)CC3)cc2)cc(C(=O)CCC2=C(C)C=C(C)CC2=O)c1C)C1CCOCC1. The second kappa shape index (κ2) is 24.1. The van der Waals surface area contributed by atoms with Gasteiger partial charge < -0.3 is 24.6 Å². The molecular formula is C57H70N6O9. The molecular weight excluding hydrogens is 913 g/mol. The summed E-state index contributed by atoms with van der Waals surface area (Å²) in [4.78, 5) is 98.6. The molecule has 0 saturated carbocycles. The molecule has 72 heavy (non-hydrogen) atoms. The predicted octanol–water partition coefficient (Wildman–Crippen LogP) is 7.25. The fourth-order valence-electron chi connectivity index (χ4n) is 10.9. The normalized spacial score (nSPS) is 19.2. The minimum absolute atomic E-state index is 0.0542. The molecule has 3 saturated heterocycles. The highest BCUT2D eigenvalue weighted by atomic mass is 16.5. The van der Waals surface area contributed by atoms with Crippen LogP contribution in [0.2, 0.25) is 0 Å². The highest BCUT2D eigenvalue weighted by Gasteiger charge is 2.45. The summed E-state index contributed by atoms with van der Waals surface area (Å²) < 4.78 is 11.4. The summed E-state index contributed by atoms with van der Waals surface area (Å²) in [7, 11) is 0. The maximum absolute atomic E-state index is 14.1. The number of hydrogen-bond acceptors (Lipinski definition) is 13. The molecule has 1 atom stereocenters. The van der Waals surface area contributed by atoms with E-state index in [0.29, 0.717) is 50.6 Å². The number of piperidine rings is 1. The molecule has 4 heterocycles. The van der Waals surface area contributed by atoms with Crippen molar-refractivity contribution in [3.05, 3.63) is 105 Å². The fraction of sp³-hybridized carbons (Fsp3) is 0.491. The molecule has 2 N–H and O–H groups in total. The lowest BCUT2D eigenvalue weighted by Crippen LogP contribution is -2.54. The maximum atomic E-state index is 14.1. The molecule has 5 aliphatic rings. The lowest BCUT2D eigenvalue weighted by atomic mass is 9.87. The molecule has 3 aromatic carbocycles. The van der Waals surface area contributed by atoms with Crippen LogP contribution in [0.4, 0.5) is 11.4 Å². The van der Waals surface area contributed by atoms with Crippen molar-refractivity contribution in [1.29, 1.82) is 0 Å². The smallest absolute Gasteiger partial charge is 0.264 e. The molecule has 0 aromatic heterocycles. The standard InChI is InChI=1S/C57H70N6O9/c1-5-62(43-19-28-71-29-20-43)50-35-42(34-47(39(50)4)51(65)17-15-45-38(3)32-37(2)33-52(45)66)41-13-11-40(12-14-41)36-61-26-24-60(25-27-61)23-7-8-44(64)21-30-72-31-22-58-48-10-6-9-46-54(48)57(70)63(56(46)69)49-16-18-53(67)59-55(49)68/h6,9-14,32,34-35,43,49,58H,5,7-8,15-31,33,36H2,1-4H3,(H,59,67,68). The van der Waals surface area contributed by atoms with Gasteiger partial charge in [0.05, 0.1) is 24.3 Å². The summed E-state index contributed by atoms with van der Waals surface area (Å²) >= 11 is 0. The first-order chi connectivity index (χ1) is 34.8. The molecule has 382 valence electrons. The maximum Gasteiger partial charge on any atom is 0.264 e. The fourth-order valence-corrected chi connectivity index (χ4v) is 10.9. The van der Waals surface area contributed by atoms with Gasteiger partial charge >= 0.3 is 0 Å². The Morgan fingerprint density at radius 3 is 2.32 bits per heavy atom. The minimum Gasteiger partial charge on any atom is -0.382 e. The molecule has 4 aliphatic heterocycles. The number of imide groups is 2. The third kappa shape index (κ3) is 12.4. The number of piperazine rings is 1. The molecule has 4 amide bonds. The molecule has 3 aromatic rings. The summed E-state index contributed by atoms with van der Waals surface area (Å²) in [5.41, 5.74) is 9.78. The van der Waals surface area contributed by atoms with Crippen LogP contribution in [-0.4, -0.2) is 140 Å². The van der Waals surface area contributed by atoms with Crippen LogP contribution in [0, 0.1) is 6.92 Å². The zero-order valence-corrected chi connectivity index (χ0v) is 42.4. The number of anilines is 2. The Morgan fingerprint density at radius 1 is 0.847 bits per heavy atom. The average molecular weight is 983 g/mol. The van der Waals surface area contributed by atoms with E-state index >= 15 is 0 Å². The first kappa shape index (κ1) is 52.2. The highest BCUT2D eigenvalue weighted by molar-refractivity contribution is 6.25. The van der Waals surface area contributed by atoms with E-state index in [9.17, 15) is 33.6 Å². The van der Waals surface area contributed by atoms with Gasteiger partial charge in [-0.1, -0.05) is 42.0 Å². The zero-order chi connectivity index (χ0) is 50.9. The predicted molar refractivity (Wildman–Crippen MR) is 276 cm³/mol. The van der Waals surface area contributed by atoms with Crippen molar-refractivity contribution in [2.24, 2.45) is 0 Å². The number of nitrogens with zero attached hydrogens (tertiary/aromatic N) is 4. The van der Waals surface area contributed by atoms with Crippen LogP contribution in [0.15, 0.2) is 77.4 Å². The van der Waals surface area contributed by atoms with Gasteiger partial charge in [0.1, 0.15) is 11.8 Å². The van der Waals surface area contributed by atoms with Crippen molar-refractivity contribution in [2.45, 2.75) is 111 Å². The number of rotatable bonds is 22. The Morgan fingerprint density at radius 2 is 1.60 bits per heavy atom. The van der Waals surface area contributed by atoms with E-state index in [1.165, 1.54) is 5.56 Å². The molecule has 1 aliphatic carbocycles. The number of benzene rings is 3. The lowest BCUT2D eigenvalue weighted by Gasteiger charge is -2.37. The van der Waals surface area contributed by atoms with Crippen LogP contribution in [0.1, 0.15) is 127 Å². The number of hydrogen-bond donors (Lipinski definition) is 2. The number of fused-ring (bicyclic) bond motifs is 1. The number of ether oxygens (including phenoxy) is 2. The molecule has 15 heteroatoms. The van der Waals surface area contributed by atoms with Crippen LogP contribution < -0.4 is 15.5 Å². The summed E-state index contributed by atoms with van der Waals surface area (Å²) in [5.74, 6) is -1.86. The van der Waals surface area contributed by atoms with Crippen molar-refractivity contribution < 1.29 is 43.0 Å². The summed E-state index contributed by atoms with van der Waals surface area (Å²) in [6.45, 7) is 16.9. The molecule has 0 spiro atoms. The van der Waals surface area contributed by atoms with Crippen molar-refractivity contribution >= 4 is 52.4 Å². The molecule has 1 unspecified atom stereocenters. The summed E-state index contributed by atoms with van der Waals surface area (Å²) in [6.07, 6.45) is 6.86. The monoisotopic (exact) mass is 983 g/mol. The Hall–Kier alpha value is -6.13. The van der Waals surface area contributed by atoms with Gasteiger partial charge in [-0.25, -0.2) is 0 Å². The number of carbonyl (C=O) groups is 7. The van der Waals surface area contributed by atoms with Gasteiger partial charge in [0, 0.05) is 114 Å². The molecule has 8 rings (SSSR count). The Balaban J connectivity index is 0.766. The van der Waals surface area contributed by atoms with Crippen molar-refractivity contribution in [3.8, 4) is 11.1 Å². The van der Waals surface area contributed by atoms with Crippen molar-refractivity contribution in [1.82, 2.24) is 20.0 Å². The van der Waals surface area contributed by atoms with E-state index in [0.717, 1.165) is 128 Å². The second-order valence-electron chi connectivity index (χ2n) is 19.9. The van der Waals surface area contributed by atoms with E-state index < -0.39 is 29.7 Å². The zero-order valence-electron chi connectivity index (χ0n) is 42.4. The third-order valence-electron chi connectivity index (χ3n) is 14.9. The van der Waals surface area contributed by atoms with Gasteiger partial charge in [0.15, 0.2) is 11.6 Å². The largest absolute Gasteiger partial charge is 0.382 e. The minimum atomic E-state index is -1.03. The van der Waals surface area contributed by atoms with E-state index in [1.54, 1.807) is 18.2 Å². The second-order valence-corrected chi connectivity index (χ2v) is 19.9. The molecule has 15 nitrogen and oxygen atoms in total. The highest BCUT2D eigenvalue weighted by Crippen LogP contribution is 2.36. The van der Waals surface area contributed by atoms with Crippen molar-refractivity contribution in [3.63, 3.8) is 0 Å². The molecule has 0 radical (unpaired) electrons. The number of ketones is 3. The number of amides is 4. The number of carbonyl (C=O) groups excluding carboxylic acids is 7. The Kier molecular flexibility index (Phi) is 17.4. The summed E-state index contributed by atoms with van der Waals surface area (Å²) in [6, 6.07) is 17.3. The van der Waals surface area contributed by atoms with Gasteiger partial charge in [-0.15, -0.1) is 0 Å². The van der Waals surface area contributed by atoms with Crippen LogP contribution in [0.25, 0.3) is 11.1 Å². The van der Waals surface area contributed by atoms with Crippen LogP contribution in [-0.2, 0) is 35.2 Å². The third-order valence-corrected chi connectivity index (χ3v) is 14.9.